The Morgan fingerprint density at radius 3 is 2.36 bits per heavy atom. The second-order valence-corrected chi connectivity index (χ2v) is 8.81. The largest absolute Gasteiger partial charge is 0.345 e. The third-order valence-corrected chi connectivity index (χ3v) is 6.78. The smallest absolute Gasteiger partial charge is 0.339 e. The SMILES string of the molecule is Cn1cnc(S(=O)(=O)N2CCC(n3c(C4CC4)nn(C)c3=O)CC2)c1. The number of nitrogens with zero attached hydrogens (tertiary/aromatic N) is 6. The van der Waals surface area contributed by atoms with Gasteiger partial charge in [0.05, 0.1) is 6.33 Å². The van der Waals surface area contributed by atoms with Crippen molar-refractivity contribution in [3.63, 3.8) is 0 Å². The van der Waals surface area contributed by atoms with Gasteiger partial charge in [-0.15, -0.1) is 0 Å². The molecule has 4 rings (SSSR count). The molecule has 2 aliphatic rings. The molecule has 0 N–H and O–H groups in total. The Labute approximate surface area is 145 Å². The summed E-state index contributed by atoms with van der Waals surface area (Å²) in [4.78, 5) is 16.4. The second-order valence-electron chi connectivity index (χ2n) is 6.92. The van der Waals surface area contributed by atoms with Gasteiger partial charge in [0.15, 0.2) is 5.03 Å². The first kappa shape index (κ1) is 16.5. The van der Waals surface area contributed by atoms with E-state index in [1.807, 2.05) is 0 Å². The summed E-state index contributed by atoms with van der Waals surface area (Å²) in [7, 11) is -0.158. The Morgan fingerprint density at radius 1 is 1.12 bits per heavy atom. The third-order valence-electron chi connectivity index (χ3n) is 5.00. The molecule has 2 fully saturated rings. The minimum absolute atomic E-state index is 0.00647. The van der Waals surface area contributed by atoms with E-state index in [1.54, 1.807) is 23.2 Å². The lowest BCUT2D eigenvalue weighted by Crippen LogP contribution is -2.41. The Balaban J connectivity index is 1.54. The van der Waals surface area contributed by atoms with Crippen LogP contribution < -0.4 is 5.69 Å². The molecule has 10 heteroatoms. The predicted octanol–water partition coefficient (Wildman–Crippen LogP) is 0.218. The van der Waals surface area contributed by atoms with Crippen molar-refractivity contribution in [1.29, 1.82) is 0 Å². The van der Waals surface area contributed by atoms with Gasteiger partial charge in [-0.25, -0.2) is 22.9 Å². The predicted molar refractivity (Wildman–Crippen MR) is 89.7 cm³/mol. The maximum atomic E-state index is 12.7. The van der Waals surface area contributed by atoms with Crippen LogP contribution in [0.1, 0.15) is 43.5 Å². The Hall–Kier alpha value is -1.94. The van der Waals surface area contributed by atoms with Crippen molar-refractivity contribution >= 4 is 10.0 Å². The standard InChI is InChI=1S/C15H22N6O3S/c1-18-9-13(16-10-18)25(23,24)20-7-5-12(6-8-20)21-14(11-3-4-11)17-19(2)15(21)22/h9-12H,3-8H2,1-2H3. The van der Waals surface area contributed by atoms with Crippen LogP contribution in [0.15, 0.2) is 22.3 Å². The Bertz CT molecular complexity index is 944. The molecule has 1 saturated heterocycles. The molecule has 1 aliphatic heterocycles. The van der Waals surface area contributed by atoms with Crippen molar-refractivity contribution in [1.82, 2.24) is 28.2 Å². The zero-order chi connectivity index (χ0) is 17.8. The molecule has 0 bridgehead atoms. The van der Waals surface area contributed by atoms with Gasteiger partial charge in [0, 0.05) is 45.3 Å². The highest BCUT2D eigenvalue weighted by molar-refractivity contribution is 7.89. The van der Waals surface area contributed by atoms with Crippen LogP contribution in [0.3, 0.4) is 0 Å². The van der Waals surface area contributed by atoms with Crippen molar-refractivity contribution in [2.45, 2.75) is 42.7 Å². The summed E-state index contributed by atoms with van der Waals surface area (Å²) in [5, 5.41) is 4.46. The lowest BCUT2D eigenvalue weighted by atomic mass is 10.1. The molecule has 1 aliphatic carbocycles. The van der Waals surface area contributed by atoms with Gasteiger partial charge < -0.3 is 4.57 Å². The van der Waals surface area contributed by atoms with Crippen LogP contribution in [0.5, 0.6) is 0 Å². The van der Waals surface area contributed by atoms with Gasteiger partial charge in [-0.1, -0.05) is 0 Å². The third kappa shape index (κ3) is 2.82. The number of hydrogen-bond donors (Lipinski definition) is 0. The molecule has 136 valence electrons. The fourth-order valence-electron chi connectivity index (χ4n) is 3.46. The highest BCUT2D eigenvalue weighted by atomic mass is 32.2. The molecule has 0 spiro atoms. The van der Waals surface area contributed by atoms with E-state index in [1.165, 1.54) is 21.5 Å². The van der Waals surface area contributed by atoms with Crippen molar-refractivity contribution in [3.05, 3.63) is 28.8 Å². The van der Waals surface area contributed by atoms with E-state index >= 15 is 0 Å². The minimum atomic E-state index is -3.57. The Kier molecular flexibility index (Phi) is 3.84. The van der Waals surface area contributed by atoms with E-state index in [4.69, 9.17) is 0 Å². The van der Waals surface area contributed by atoms with Crippen LogP contribution in [0, 0.1) is 0 Å². The summed E-state index contributed by atoms with van der Waals surface area (Å²) in [5.41, 5.74) is -0.104. The van der Waals surface area contributed by atoms with Crippen LogP contribution >= 0.6 is 0 Å². The van der Waals surface area contributed by atoms with E-state index in [2.05, 4.69) is 10.1 Å². The summed E-state index contributed by atoms with van der Waals surface area (Å²) in [6.45, 7) is 0.768. The zero-order valence-electron chi connectivity index (χ0n) is 14.4. The average molecular weight is 366 g/mol. The number of hydrogen-bond acceptors (Lipinski definition) is 5. The highest BCUT2D eigenvalue weighted by Crippen LogP contribution is 2.40. The van der Waals surface area contributed by atoms with E-state index in [0.29, 0.717) is 31.8 Å². The summed E-state index contributed by atoms with van der Waals surface area (Å²) < 4.78 is 31.6. The van der Waals surface area contributed by atoms with Gasteiger partial charge in [-0.05, 0) is 25.7 Å². The lowest BCUT2D eigenvalue weighted by Gasteiger charge is -2.31. The lowest BCUT2D eigenvalue weighted by molar-refractivity contribution is 0.266. The molecular weight excluding hydrogens is 344 g/mol. The van der Waals surface area contributed by atoms with Crippen molar-refractivity contribution in [3.8, 4) is 0 Å². The molecular formula is C15H22N6O3S. The first-order valence-electron chi connectivity index (χ1n) is 8.51. The van der Waals surface area contributed by atoms with Gasteiger partial charge in [-0.3, -0.25) is 4.57 Å². The number of imidazole rings is 1. The van der Waals surface area contributed by atoms with Crippen LogP contribution in [-0.4, -0.2) is 49.7 Å². The molecule has 1 saturated carbocycles. The molecule has 2 aromatic heterocycles. The molecule has 0 atom stereocenters. The number of sulfonamides is 1. The van der Waals surface area contributed by atoms with E-state index in [-0.39, 0.29) is 16.8 Å². The number of piperidine rings is 1. The van der Waals surface area contributed by atoms with Gasteiger partial charge in [-0.2, -0.15) is 9.40 Å². The monoisotopic (exact) mass is 366 g/mol. The Morgan fingerprint density at radius 2 is 1.80 bits per heavy atom. The maximum Gasteiger partial charge on any atom is 0.345 e. The van der Waals surface area contributed by atoms with Crippen LogP contribution in [0.25, 0.3) is 0 Å². The molecule has 0 unspecified atom stereocenters. The minimum Gasteiger partial charge on any atom is -0.339 e. The first-order valence-corrected chi connectivity index (χ1v) is 9.95. The summed E-state index contributed by atoms with van der Waals surface area (Å²) >= 11 is 0. The van der Waals surface area contributed by atoms with Crippen LogP contribution in [0.2, 0.25) is 0 Å². The maximum absolute atomic E-state index is 12.7. The van der Waals surface area contributed by atoms with Crippen molar-refractivity contribution < 1.29 is 8.42 Å². The fraction of sp³-hybridized carbons (Fsp3) is 0.667. The van der Waals surface area contributed by atoms with E-state index in [0.717, 1.165) is 18.7 Å². The van der Waals surface area contributed by atoms with Crippen LogP contribution in [0.4, 0.5) is 0 Å². The molecule has 9 nitrogen and oxygen atoms in total. The van der Waals surface area contributed by atoms with Crippen LogP contribution in [-0.2, 0) is 24.1 Å². The summed E-state index contributed by atoms with van der Waals surface area (Å²) in [5.74, 6) is 1.24. The first-order chi connectivity index (χ1) is 11.9. The van der Waals surface area contributed by atoms with E-state index < -0.39 is 10.0 Å². The summed E-state index contributed by atoms with van der Waals surface area (Å²) in [6, 6.07) is 0.00647. The zero-order valence-corrected chi connectivity index (χ0v) is 15.2. The average Bonchev–Trinajstić information content (AvgIpc) is 3.27. The number of aryl methyl sites for hydroxylation is 2. The molecule has 2 aromatic rings. The van der Waals surface area contributed by atoms with Gasteiger partial charge >= 0.3 is 5.69 Å². The second kappa shape index (κ2) is 5.80. The quantitative estimate of drug-likeness (QED) is 0.771. The van der Waals surface area contributed by atoms with E-state index in [9.17, 15) is 13.2 Å². The molecule has 0 amide bonds. The number of aromatic nitrogens is 5. The molecule has 25 heavy (non-hydrogen) atoms. The van der Waals surface area contributed by atoms with Crippen molar-refractivity contribution in [2.75, 3.05) is 13.1 Å². The van der Waals surface area contributed by atoms with Gasteiger partial charge in [0.25, 0.3) is 10.0 Å². The van der Waals surface area contributed by atoms with Gasteiger partial charge in [0.1, 0.15) is 5.82 Å². The topological polar surface area (TPSA) is 95.0 Å². The normalized spacial score (nSPS) is 20.2. The molecule has 0 radical (unpaired) electrons. The molecule has 0 aromatic carbocycles. The van der Waals surface area contributed by atoms with Crippen molar-refractivity contribution in [2.24, 2.45) is 14.1 Å². The highest BCUT2D eigenvalue weighted by Gasteiger charge is 2.36. The number of rotatable bonds is 4. The molecule has 3 heterocycles. The fourth-order valence-corrected chi connectivity index (χ4v) is 4.89. The summed E-state index contributed by atoms with van der Waals surface area (Å²) in [6.07, 6.45) is 6.36. The van der Waals surface area contributed by atoms with Gasteiger partial charge in [0.2, 0.25) is 0 Å².